The third-order valence-electron chi connectivity index (χ3n) is 8.87. The molecule has 3 aromatic rings. The molecule has 2 atom stereocenters. The number of aryl methyl sites for hydroxylation is 1. The van der Waals surface area contributed by atoms with Crippen LogP contribution in [0.5, 0.6) is 17.2 Å². The van der Waals surface area contributed by atoms with E-state index in [1.54, 1.807) is 45.2 Å². The summed E-state index contributed by atoms with van der Waals surface area (Å²) in [6, 6.07) is 16.4. The van der Waals surface area contributed by atoms with Crippen molar-refractivity contribution in [1.82, 2.24) is 10.2 Å². The first-order valence-corrected chi connectivity index (χ1v) is 17.3. The number of benzene rings is 2. The quantitative estimate of drug-likeness (QED) is 0.301. The molecule has 0 bridgehead atoms. The molecule has 10 nitrogen and oxygen atoms in total. The molecule has 250 valence electrons. The lowest BCUT2D eigenvalue weighted by Crippen LogP contribution is -2.53. The Balaban J connectivity index is 1.51. The number of thioether (sulfide) groups is 1. The van der Waals surface area contributed by atoms with Gasteiger partial charge >= 0.3 is 0 Å². The summed E-state index contributed by atoms with van der Waals surface area (Å²) in [5.74, 6) is 2.02. The minimum absolute atomic E-state index is 0.0146. The Hall–Kier alpha value is -4.38. The van der Waals surface area contributed by atoms with Crippen LogP contribution in [-0.2, 0) is 16.0 Å². The lowest BCUT2D eigenvalue weighted by atomic mass is 9.95. The van der Waals surface area contributed by atoms with Crippen molar-refractivity contribution in [1.29, 1.82) is 0 Å². The van der Waals surface area contributed by atoms with Gasteiger partial charge in [-0.2, -0.15) is 11.8 Å². The monoisotopic (exact) mass is 660 g/mol. The average Bonchev–Trinajstić information content (AvgIpc) is 3.33. The van der Waals surface area contributed by atoms with Crippen LogP contribution in [0.4, 0.5) is 11.4 Å². The minimum Gasteiger partial charge on any atom is -0.493 e. The number of methoxy groups -OCH3 is 3. The highest BCUT2D eigenvalue weighted by atomic mass is 32.2. The summed E-state index contributed by atoms with van der Waals surface area (Å²) in [5.41, 5.74) is 4.35. The van der Waals surface area contributed by atoms with Crippen LogP contribution in [0.3, 0.4) is 0 Å². The van der Waals surface area contributed by atoms with E-state index >= 15 is 0 Å². The van der Waals surface area contributed by atoms with Crippen molar-refractivity contribution in [2.24, 2.45) is 0 Å². The van der Waals surface area contributed by atoms with E-state index in [1.807, 2.05) is 41.5 Å². The van der Waals surface area contributed by atoms with Crippen LogP contribution in [0.1, 0.15) is 36.9 Å². The minimum atomic E-state index is -0.571. The van der Waals surface area contributed by atoms with Gasteiger partial charge in [0.15, 0.2) is 11.5 Å². The molecule has 1 aliphatic heterocycles. The second-order valence-electron chi connectivity index (χ2n) is 11.7. The molecule has 5 rings (SSSR count). The number of nitrogens with zero attached hydrogens (tertiary/aromatic N) is 2. The maximum absolute atomic E-state index is 13.9. The van der Waals surface area contributed by atoms with Crippen molar-refractivity contribution < 1.29 is 23.8 Å². The number of carbonyl (C=O) groups excluding carboxylic acids is 2. The number of ether oxygens (including phenoxy) is 3. The Labute approximate surface area is 280 Å². The molecule has 1 heterocycles. The largest absolute Gasteiger partial charge is 0.493 e. The van der Waals surface area contributed by atoms with Gasteiger partial charge in [-0.15, -0.1) is 0 Å². The Morgan fingerprint density at radius 1 is 0.957 bits per heavy atom. The molecular formula is C36H44N4O6S. The summed E-state index contributed by atoms with van der Waals surface area (Å²) in [6.07, 6.45) is 3.75. The van der Waals surface area contributed by atoms with Crippen molar-refractivity contribution in [3.05, 3.63) is 75.9 Å². The van der Waals surface area contributed by atoms with E-state index in [0.717, 1.165) is 41.2 Å². The maximum atomic E-state index is 13.9. The summed E-state index contributed by atoms with van der Waals surface area (Å²) < 4.78 is 17.2. The number of rotatable bonds is 11. The van der Waals surface area contributed by atoms with Crippen LogP contribution in [0.2, 0.25) is 0 Å². The molecule has 2 aliphatic rings. The predicted molar refractivity (Wildman–Crippen MR) is 188 cm³/mol. The third kappa shape index (κ3) is 7.45. The van der Waals surface area contributed by atoms with Gasteiger partial charge in [-0.05, 0) is 78.3 Å². The number of hydrogen-bond acceptors (Lipinski definition) is 9. The molecule has 0 aromatic heterocycles. The lowest BCUT2D eigenvalue weighted by Gasteiger charge is -2.37. The number of para-hydroxylation sites is 1. The van der Waals surface area contributed by atoms with Crippen LogP contribution in [0.15, 0.2) is 59.4 Å². The highest BCUT2D eigenvalue weighted by Gasteiger charge is 2.31. The first-order valence-electron chi connectivity index (χ1n) is 15.9. The highest BCUT2D eigenvalue weighted by molar-refractivity contribution is 7.98. The number of piperazine rings is 1. The summed E-state index contributed by atoms with van der Waals surface area (Å²) in [7, 11) is 4.71. The van der Waals surface area contributed by atoms with Gasteiger partial charge < -0.3 is 34.6 Å². The number of fused-ring (bicyclic) bond motifs is 3. The first-order chi connectivity index (χ1) is 22.8. The molecule has 47 heavy (non-hydrogen) atoms. The molecule has 3 aromatic carbocycles. The molecule has 1 saturated heterocycles. The Morgan fingerprint density at radius 2 is 1.68 bits per heavy atom. The molecule has 0 spiro atoms. The lowest BCUT2D eigenvalue weighted by molar-refractivity contribution is -0.132. The number of carbonyl (C=O) groups is 2. The van der Waals surface area contributed by atoms with Crippen molar-refractivity contribution in [3.63, 3.8) is 0 Å². The van der Waals surface area contributed by atoms with Crippen LogP contribution in [0, 0.1) is 0 Å². The van der Waals surface area contributed by atoms with Gasteiger partial charge in [-0.1, -0.05) is 24.3 Å². The molecule has 0 unspecified atom stereocenters. The summed E-state index contributed by atoms with van der Waals surface area (Å²) in [4.78, 5) is 44.4. The van der Waals surface area contributed by atoms with Crippen molar-refractivity contribution in [2.75, 3.05) is 69.7 Å². The van der Waals surface area contributed by atoms with Crippen LogP contribution >= 0.6 is 11.8 Å². The van der Waals surface area contributed by atoms with Crippen LogP contribution in [-0.4, -0.2) is 82.3 Å². The fourth-order valence-electron chi connectivity index (χ4n) is 6.55. The van der Waals surface area contributed by atoms with Crippen molar-refractivity contribution >= 4 is 35.0 Å². The number of anilines is 2. The topological polar surface area (TPSA) is 109 Å². The zero-order chi connectivity index (χ0) is 33.5. The van der Waals surface area contributed by atoms with Crippen LogP contribution < -0.4 is 35.2 Å². The van der Waals surface area contributed by atoms with E-state index in [-0.39, 0.29) is 17.2 Å². The maximum Gasteiger partial charge on any atom is 0.245 e. The molecule has 0 saturated carbocycles. The fraction of sp³-hybridized carbons (Fsp3) is 0.417. The smallest absolute Gasteiger partial charge is 0.245 e. The molecule has 2 amide bonds. The molecular weight excluding hydrogens is 616 g/mol. The van der Waals surface area contributed by atoms with Gasteiger partial charge in [0.25, 0.3) is 0 Å². The van der Waals surface area contributed by atoms with Gasteiger partial charge in [0.1, 0.15) is 6.04 Å². The standard InChI is InChI=1S/C36H44N4O6S/c1-23(41)37-28-13-11-24-21-32(44-2)34(45-3)35(46-4)33(24)26-12-14-29(31(42)22-27(26)28)38-30(15-20-47-5)36(43)40-18-16-39(17-19-40)25-9-7-6-8-10-25/h6-10,12,14,21-22,28,30H,11,13,15-20H2,1-5H3,(H,37,41)(H,38,42)/t28-,30-/m0/s1. The van der Waals surface area contributed by atoms with E-state index in [9.17, 15) is 14.4 Å². The van der Waals surface area contributed by atoms with E-state index < -0.39 is 12.1 Å². The van der Waals surface area contributed by atoms with Gasteiger partial charge in [0.2, 0.25) is 23.0 Å². The van der Waals surface area contributed by atoms with E-state index in [0.29, 0.717) is 60.9 Å². The van der Waals surface area contributed by atoms with Crippen molar-refractivity contribution in [3.8, 4) is 28.4 Å². The first kappa shape index (κ1) is 34.0. The van der Waals surface area contributed by atoms with E-state index in [4.69, 9.17) is 14.2 Å². The predicted octanol–water partition coefficient (Wildman–Crippen LogP) is 4.75. The molecule has 2 N–H and O–H groups in total. The van der Waals surface area contributed by atoms with E-state index in [1.165, 1.54) is 6.92 Å². The second kappa shape index (κ2) is 15.5. The number of amides is 2. The number of hydrogen-bond donors (Lipinski definition) is 2. The Kier molecular flexibility index (Phi) is 11.2. The summed E-state index contributed by atoms with van der Waals surface area (Å²) in [6.45, 7) is 4.16. The van der Waals surface area contributed by atoms with Crippen LogP contribution in [0.25, 0.3) is 11.1 Å². The van der Waals surface area contributed by atoms with Crippen molar-refractivity contribution in [2.45, 2.75) is 38.3 Å². The van der Waals surface area contributed by atoms with Gasteiger partial charge in [-0.25, -0.2) is 0 Å². The van der Waals surface area contributed by atoms with E-state index in [2.05, 4.69) is 27.7 Å². The summed E-state index contributed by atoms with van der Waals surface area (Å²) >= 11 is 1.66. The Morgan fingerprint density at radius 3 is 2.32 bits per heavy atom. The average molecular weight is 661 g/mol. The number of nitrogens with one attached hydrogen (secondary N) is 2. The normalized spacial score (nSPS) is 16.2. The Bertz CT molecular complexity index is 1640. The second-order valence-corrected chi connectivity index (χ2v) is 12.7. The van der Waals surface area contributed by atoms with Gasteiger partial charge in [-0.3, -0.25) is 14.4 Å². The highest BCUT2D eigenvalue weighted by Crippen LogP contribution is 2.50. The zero-order valence-corrected chi connectivity index (χ0v) is 28.6. The molecule has 11 heteroatoms. The van der Waals surface area contributed by atoms with Gasteiger partial charge in [0.05, 0.1) is 33.1 Å². The fourth-order valence-corrected chi connectivity index (χ4v) is 7.02. The SMILES string of the molecule is COc1cc2c(c(OC)c1OC)-c1ccc(N[C@@H](CCSC)C(=O)N3CCN(c4ccccc4)CC3)c(=O)cc1[C@@H](NC(C)=O)CC2. The zero-order valence-electron chi connectivity index (χ0n) is 27.8. The van der Waals surface area contributed by atoms with Gasteiger partial charge in [0, 0.05) is 44.4 Å². The third-order valence-corrected chi connectivity index (χ3v) is 9.51. The molecule has 0 radical (unpaired) electrons. The molecule has 1 aliphatic carbocycles. The molecule has 1 fully saturated rings. The summed E-state index contributed by atoms with van der Waals surface area (Å²) in [5, 5.41) is 6.38.